The molecule has 0 N–H and O–H groups in total. The van der Waals surface area contributed by atoms with Gasteiger partial charge in [0, 0.05) is 6.42 Å². The molecule has 2 fully saturated rings. The van der Waals surface area contributed by atoms with Gasteiger partial charge in [-0.05, 0) is 44.4 Å². The highest BCUT2D eigenvalue weighted by atomic mass is 16.7. The summed E-state index contributed by atoms with van der Waals surface area (Å²) in [6.07, 6.45) is 3.39. The third-order valence-electron chi connectivity index (χ3n) is 5.26. The van der Waals surface area contributed by atoms with Crippen molar-refractivity contribution in [3.05, 3.63) is 52.1 Å². The molecule has 2 unspecified atom stereocenters. The fourth-order valence-electron chi connectivity index (χ4n) is 3.65. The molecule has 0 aromatic heterocycles. The van der Waals surface area contributed by atoms with Crippen LogP contribution in [0.3, 0.4) is 0 Å². The van der Waals surface area contributed by atoms with E-state index in [0.29, 0.717) is 13.2 Å². The summed E-state index contributed by atoms with van der Waals surface area (Å²) in [7, 11) is 0. The van der Waals surface area contributed by atoms with E-state index in [0.717, 1.165) is 25.2 Å². The Morgan fingerprint density at radius 1 is 0.923 bits per heavy atom. The monoisotopic (exact) mass is 356 g/mol. The highest BCUT2D eigenvalue weighted by Gasteiger charge is 2.41. The first kappa shape index (κ1) is 17.9. The van der Waals surface area contributed by atoms with Crippen molar-refractivity contribution < 1.29 is 18.9 Å². The molecule has 2 saturated heterocycles. The molecule has 1 aromatic rings. The molecule has 0 spiro atoms. The van der Waals surface area contributed by atoms with Crippen molar-refractivity contribution in [2.45, 2.75) is 52.1 Å². The lowest BCUT2D eigenvalue weighted by atomic mass is 9.84. The summed E-state index contributed by atoms with van der Waals surface area (Å²) in [5.74, 6) is -0.704. The molecule has 2 aliphatic heterocycles. The summed E-state index contributed by atoms with van der Waals surface area (Å²) >= 11 is 0. The smallest absolute Gasteiger partial charge is 0.194 e. The molecule has 0 amide bonds. The lowest BCUT2D eigenvalue weighted by Crippen LogP contribution is -2.41. The lowest BCUT2D eigenvalue weighted by Gasteiger charge is -2.38. The van der Waals surface area contributed by atoms with Gasteiger partial charge in [-0.1, -0.05) is 41.0 Å². The maximum Gasteiger partial charge on any atom is 0.194 e. The van der Waals surface area contributed by atoms with E-state index in [2.05, 4.69) is 52.0 Å². The van der Waals surface area contributed by atoms with E-state index in [4.69, 9.17) is 18.9 Å². The van der Waals surface area contributed by atoms with E-state index in [1.165, 1.54) is 27.8 Å². The number of ether oxygens (including phenoxy) is 4. The fraction of sp³-hybridized carbons (Fsp3) is 0.545. The van der Waals surface area contributed by atoms with Crippen LogP contribution in [-0.4, -0.2) is 44.4 Å². The van der Waals surface area contributed by atoms with Gasteiger partial charge in [0.1, 0.15) is 12.2 Å². The Morgan fingerprint density at radius 2 is 1.46 bits per heavy atom. The average molecular weight is 356 g/mol. The van der Waals surface area contributed by atoms with Crippen molar-refractivity contribution >= 4 is 5.57 Å². The van der Waals surface area contributed by atoms with E-state index in [9.17, 15) is 0 Å². The maximum atomic E-state index is 6.28. The van der Waals surface area contributed by atoms with Crippen LogP contribution in [0.1, 0.15) is 37.0 Å². The van der Waals surface area contributed by atoms with Gasteiger partial charge in [0.2, 0.25) is 0 Å². The second kappa shape index (κ2) is 6.93. The number of hydrogen-bond acceptors (Lipinski definition) is 4. The molecule has 1 aliphatic carbocycles. The molecule has 0 saturated carbocycles. The number of rotatable bonds is 7. The Morgan fingerprint density at radius 3 is 1.96 bits per heavy atom. The van der Waals surface area contributed by atoms with Gasteiger partial charge in [-0.25, -0.2) is 0 Å². The molecule has 1 aromatic carbocycles. The van der Waals surface area contributed by atoms with Crippen molar-refractivity contribution in [1.29, 1.82) is 0 Å². The molecule has 140 valence electrons. The van der Waals surface area contributed by atoms with Crippen molar-refractivity contribution in [3.8, 4) is 0 Å². The van der Waals surface area contributed by atoms with E-state index in [1.807, 2.05) is 0 Å². The van der Waals surface area contributed by atoms with Crippen molar-refractivity contribution in [2.75, 3.05) is 26.4 Å². The first-order valence-corrected chi connectivity index (χ1v) is 9.43. The Hall–Kier alpha value is -1.46. The number of benzene rings is 1. The predicted octanol–water partition coefficient (Wildman–Crippen LogP) is 3.95. The number of epoxide rings is 2. The van der Waals surface area contributed by atoms with Crippen LogP contribution in [0.15, 0.2) is 35.4 Å². The highest BCUT2D eigenvalue weighted by molar-refractivity contribution is 5.79. The topological polar surface area (TPSA) is 43.5 Å². The van der Waals surface area contributed by atoms with Crippen LogP contribution in [0, 0.1) is 13.8 Å². The summed E-state index contributed by atoms with van der Waals surface area (Å²) < 4.78 is 23.2. The maximum absolute atomic E-state index is 6.28. The zero-order valence-corrected chi connectivity index (χ0v) is 16.1. The third kappa shape index (κ3) is 3.94. The minimum Gasteiger partial charge on any atom is -0.371 e. The van der Waals surface area contributed by atoms with Crippen molar-refractivity contribution in [3.63, 3.8) is 0 Å². The van der Waals surface area contributed by atoms with Crippen LogP contribution >= 0.6 is 0 Å². The molecule has 2 atom stereocenters. The Balaban J connectivity index is 1.61. The standard InChI is InChI=1S/C22H28O4/c1-14-5-15(2)7-18(6-14)21-8-17(4)22(9-16(21)3,25-12-19-10-23-19)26-13-20-11-24-20/h5-8,19-20H,9-13H2,1-4H3. The van der Waals surface area contributed by atoms with Crippen LogP contribution in [0.5, 0.6) is 0 Å². The summed E-state index contributed by atoms with van der Waals surface area (Å²) in [5, 5.41) is 0. The Labute approximate surface area is 155 Å². The molecule has 0 bridgehead atoms. The van der Waals surface area contributed by atoms with Gasteiger partial charge in [-0.2, -0.15) is 0 Å². The minimum absolute atomic E-state index is 0.213. The van der Waals surface area contributed by atoms with E-state index in [-0.39, 0.29) is 12.2 Å². The van der Waals surface area contributed by atoms with Gasteiger partial charge in [0.25, 0.3) is 0 Å². The molecule has 2 heterocycles. The zero-order chi connectivity index (χ0) is 18.3. The van der Waals surface area contributed by atoms with Gasteiger partial charge in [0.15, 0.2) is 5.79 Å². The number of allylic oxidation sites excluding steroid dienone is 2. The second-order valence-electron chi connectivity index (χ2n) is 7.86. The molecule has 0 radical (unpaired) electrons. The zero-order valence-electron chi connectivity index (χ0n) is 16.1. The summed E-state index contributed by atoms with van der Waals surface area (Å²) in [6.45, 7) is 11.3. The predicted molar refractivity (Wildman–Crippen MR) is 101 cm³/mol. The van der Waals surface area contributed by atoms with E-state index < -0.39 is 5.79 Å². The van der Waals surface area contributed by atoms with Crippen LogP contribution in [0.2, 0.25) is 0 Å². The first-order valence-electron chi connectivity index (χ1n) is 9.43. The average Bonchev–Trinajstić information content (AvgIpc) is 3.47. The van der Waals surface area contributed by atoms with Crippen molar-refractivity contribution in [2.24, 2.45) is 0 Å². The molecular formula is C22H28O4. The minimum atomic E-state index is -0.704. The third-order valence-corrected chi connectivity index (χ3v) is 5.26. The van der Waals surface area contributed by atoms with E-state index in [1.54, 1.807) is 0 Å². The number of aryl methyl sites for hydroxylation is 2. The molecule has 26 heavy (non-hydrogen) atoms. The quantitative estimate of drug-likeness (QED) is 0.548. The van der Waals surface area contributed by atoms with Gasteiger partial charge in [-0.3, -0.25) is 0 Å². The largest absolute Gasteiger partial charge is 0.371 e. The van der Waals surface area contributed by atoms with Crippen LogP contribution in [0.4, 0.5) is 0 Å². The summed E-state index contributed by atoms with van der Waals surface area (Å²) in [5.41, 5.74) is 7.51. The lowest BCUT2D eigenvalue weighted by molar-refractivity contribution is -0.215. The summed E-state index contributed by atoms with van der Waals surface area (Å²) in [4.78, 5) is 0. The number of hydrogen-bond donors (Lipinski definition) is 0. The molecule has 4 rings (SSSR count). The van der Waals surface area contributed by atoms with Gasteiger partial charge >= 0.3 is 0 Å². The highest BCUT2D eigenvalue weighted by Crippen LogP contribution is 2.41. The van der Waals surface area contributed by atoms with Crippen LogP contribution in [0.25, 0.3) is 5.57 Å². The first-order chi connectivity index (χ1) is 12.4. The molecule has 4 heteroatoms. The fourth-order valence-corrected chi connectivity index (χ4v) is 3.65. The normalized spacial score (nSPS) is 30.4. The van der Waals surface area contributed by atoms with Crippen LogP contribution < -0.4 is 0 Å². The second-order valence-corrected chi connectivity index (χ2v) is 7.86. The summed E-state index contributed by atoms with van der Waals surface area (Å²) in [6, 6.07) is 6.71. The molecule has 4 nitrogen and oxygen atoms in total. The van der Waals surface area contributed by atoms with Gasteiger partial charge in [0.05, 0.1) is 26.4 Å². The van der Waals surface area contributed by atoms with E-state index >= 15 is 0 Å². The van der Waals surface area contributed by atoms with Crippen molar-refractivity contribution in [1.82, 2.24) is 0 Å². The van der Waals surface area contributed by atoms with Gasteiger partial charge < -0.3 is 18.9 Å². The van der Waals surface area contributed by atoms with Crippen LogP contribution in [-0.2, 0) is 18.9 Å². The molecule has 3 aliphatic rings. The Bertz CT molecular complexity index is 717. The SMILES string of the molecule is CC1=CC(c2cc(C)cc(C)c2)=C(C)CC1(OCC1CO1)OCC1CO1. The van der Waals surface area contributed by atoms with Gasteiger partial charge in [-0.15, -0.1) is 0 Å². The Kier molecular flexibility index (Phi) is 4.78. The molecular weight excluding hydrogens is 328 g/mol.